The molecule has 9 heteroatoms. The van der Waals surface area contributed by atoms with Gasteiger partial charge in [0.1, 0.15) is 11.8 Å². The molecule has 0 saturated carbocycles. The fourth-order valence-corrected chi connectivity index (χ4v) is 2.79. The average molecular weight is 311 g/mol. The van der Waals surface area contributed by atoms with Crippen LogP contribution in [0.1, 0.15) is 5.56 Å². The summed E-state index contributed by atoms with van der Waals surface area (Å²) in [7, 11) is -3.99. The lowest BCUT2D eigenvalue weighted by molar-refractivity contribution is -0.138. The van der Waals surface area contributed by atoms with Crippen molar-refractivity contribution in [3.05, 3.63) is 42.1 Å². The Morgan fingerprint density at radius 1 is 1.29 bits per heavy atom. The number of carbonyl (C=O) groups is 1. The van der Waals surface area contributed by atoms with Gasteiger partial charge in [-0.1, -0.05) is 12.1 Å². The number of hydrogen-bond acceptors (Lipinski definition) is 5. The molecule has 0 fully saturated rings. The SMILES string of the molecule is O=C(O)[C@H](Cc1ccc(O)cc1)NS(=O)(=O)c1ccn[nH]1. The van der Waals surface area contributed by atoms with Crippen molar-refractivity contribution in [1.82, 2.24) is 14.9 Å². The number of nitrogens with zero attached hydrogens (tertiary/aromatic N) is 1. The number of nitrogens with one attached hydrogen (secondary N) is 2. The van der Waals surface area contributed by atoms with Gasteiger partial charge in [0, 0.05) is 0 Å². The third-order valence-corrected chi connectivity index (χ3v) is 4.14. The molecule has 2 aromatic rings. The van der Waals surface area contributed by atoms with E-state index in [1.165, 1.54) is 36.5 Å². The van der Waals surface area contributed by atoms with Gasteiger partial charge in [0.15, 0.2) is 5.03 Å². The van der Waals surface area contributed by atoms with Crippen LogP contribution in [0.15, 0.2) is 41.6 Å². The quantitative estimate of drug-likeness (QED) is 0.597. The summed E-state index contributed by atoms with van der Waals surface area (Å²) in [6, 6.07) is 5.74. The monoisotopic (exact) mass is 311 g/mol. The normalized spacial score (nSPS) is 13.0. The van der Waals surface area contributed by atoms with Gasteiger partial charge in [0.2, 0.25) is 0 Å². The van der Waals surface area contributed by atoms with Crippen LogP contribution in [0.5, 0.6) is 5.75 Å². The zero-order valence-electron chi connectivity index (χ0n) is 10.7. The highest BCUT2D eigenvalue weighted by Gasteiger charge is 2.26. The Balaban J connectivity index is 2.17. The number of rotatable bonds is 6. The molecule has 1 atom stereocenters. The molecule has 0 aliphatic rings. The third-order valence-electron chi connectivity index (χ3n) is 2.74. The second-order valence-corrected chi connectivity index (χ2v) is 5.99. The van der Waals surface area contributed by atoms with Gasteiger partial charge in [-0.3, -0.25) is 9.89 Å². The molecule has 0 radical (unpaired) electrons. The van der Waals surface area contributed by atoms with Crippen molar-refractivity contribution in [3.63, 3.8) is 0 Å². The van der Waals surface area contributed by atoms with Gasteiger partial charge >= 0.3 is 5.97 Å². The van der Waals surface area contributed by atoms with Crippen molar-refractivity contribution >= 4 is 16.0 Å². The smallest absolute Gasteiger partial charge is 0.322 e. The van der Waals surface area contributed by atoms with Crippen LogP contribution in [-0.2, 0) is 21.2 Å². The average Bonchev–Trinajstić information content (AvgIpc) is 2.95. The lowest BCUT2D eigenvalue weighted by Gasteiger charge is -2.14. The van der Waals surface area contributed by atoms with Crippen LogP contribution in [0.4, 0.5) is 0 Å². The molecule has 0 aliphatic carbocycles. The van der Waals surface area contributed by atoms with Crippen molar-refractivity contribution < 1.29 is 23.4 Å². The van der Waals surface area contributed by atoms with E-state index in [0.717, 1.165) is 0 Å². The molecular weight excluding hydrogens is 298 g/mol. The minimum Gasteiger partial charge on any atom is -0.508 e. The summed E-state index contributed by atoms with van der Waals surface area (Å²) < 4.78 is 26.0. The summed E-state index contributed by atoms with van der Waals surface area (Å²) in [5, 5.41) is 23.9. The van der Waals surface area contributed by atoms with Crippen LogP contribution in [0.25, 0.3) is 0 Å². The van der Waals surface area contributed by atoms with E-state index in [4.69, 9.17) is 5.11 Å². The molecule has 1 aromatic heterocycles. The Kier molecular flexibility index (Phi) is 4.24. The lowest BCUT2D eigenvalue weighted by atomic mass is 10.1. The highest BCUT2D eigenvalue weighted by atomic mass is 32.2. The van der Waals surface area contributed by atoms with E-state index in [2.05, 4.69) is 14.9 Å². The van der Waals surface area contributed by atoms with Crippen LogP contribution >= 0.6 is 0 Å². The zero-order chi connectivity index (χ0) is 15.5. The molecule has 8 nitrogen and oxygen atoms in total. The van der Waals surface area contributed by atoms with Gasteiger partial charge in [-0.05, 0) is 30.2 Å². The maximum absolute atomic E-state index is 12.0. The van der Waals surface area contributed by atoms with Crippen LogP contribution in [0.3, 0.4) is 0 Å². The number of hydrogen-bond donors (Lipinski definition) is 4. The summed E-state index contributed by atoms with van der Waals surface area (Å²) in [6.07, 6.45) is 1.20. The molecule has 0 aliphatic heterocycles. The van der Waals surface area contributed by atoms with Crippen molar-refractivity contribution in [2.45, 2.75) is 17.5 Å². The summed E-state index contributed by atoms with van der Waals surface area (Å²) in [6.45, 7) is 0. The Hall–Kier alpha value is -2.39. The number of H-pyrrole nitrogens is 1. The number of carboxylic acid groups (broad SMARTS) is 1. The molecule has 112 valence electrons. The number of phenols is 1. The number of phenolic OH excluding ortho intramolecular Hbond substituents is 1. The standard InChI is InChI=1S/C12H13N3O5S/c16-9-3-1-8(2-4-9)7-10(12(17)18)15-21(19,20)11-5-6-13-14-11/h1-6,10,15-16H,7H2,(H,13,14)(H,17,18)/t10-/m0/s1. The number of aromatic amines is 1. The molecule has 0 bridgehead atoms. The number of aromatic nitrogens is 2. The van der Waals surface area contributed by atoms with E-state index in [9.17, 15) is 18.3 Å². The van der Waals surface area contributed by atoms with Gasteiger partial charge in [-0.2, -0.15) is 9.82 Å². The Labute approximate surface area is 120 Å². The first kappa shape index (κ1) is 15.0. The highest BCUT2D eigenvalue weighted by Crippen LogP contribution is 2.13. The minimum absolute atomic E-state index is 0.0451. The van der Waals surface area contributed by atoms with E-state index in [-0.39, 0.29) is 17.2 Å². The summed E-state index contributed by atoms with van der Waals surface area (Å²) in [4.78, 5) is 11.2. The molecule has 4 N–H and O–H groups in total. The number of aromatic hydroxyl groups is 1. The van der Waals surface area contributed by atoms with Crippen molar-refractivity contribution in [2.24, 2.45) is 0 Å². The summed E-state index contributed by atoms with van der Waals surface area (Å²) in [5.74, 6) is -1.25. The van der Waals surface area contributed by atoms with E-state index in [1.807, 2.05) is 0 Å². The largest absolute Gasteiger partial charge is 0.508 e. The zero-order valence-corrected chi connectivity index (χ0v) is 11.5. The van der Waals surface area contributed by atoms with Crippen molar-refractivity contribution in [1.29, 1.82) is 0 Å². The first-order valence-corrected chi connectivity index (χ1v) is 7.39. The second kappa shape index (κ2) is 5.94. The Morgan fingerprint density at radius 3 is 2.48 bits per heavy atom. The molecule has 0 spiro atoms. The number of carboxylic acids is 1. The van der Waals surface area contributed by atoms with E-state index in [0.29, 0.717) is 5.56 Å². The van der Waals surface area contributed by atoms with Crippen LogP contribution in [0.2, 0.25) is 0 Å². The highest BCUT2D eigenvalue weighted by molar-refractivity contribution is 7.89. The van der Waals surface area contributed by atoms with Crippen LogP contribution < -0.4 is 4.72 Å². The maximum atomic E-state index is 12.0. The Morgan fingerprint density at radius 2 is 1.95 bits per heavy atom. The fraction of sp³-hybridized carbons (Fsp3) is 0.167. The van der Waals surface area contributed by atoms with Gasteiger partial charge in [-0.25, -0.2) is 8.42 Å². The summed E-state index contributed by atoms with van der Waals surface area (Å²) >= 11 is 0. The lowest BCUT2D eigenvalue weighted by Crippen LogP contribution is -2.42. The maximum Gasteiger partial charge on any atom is 0.322 e. The summed E-state index contributed by atoms with van der Waals surface area (Å²) in [5.41, 5.74) is 0.576. The van der Waals surface area contributed by atoms with Crippen molar-refractivity contribution in [2.75, 3.05) is 0 Å². The number of aliphatic carboxylic acids is 1. The first-order chi connectivity index (χ1) is 9.88. The molecule has 0 unspecified atom stereocenters. The topological polar surface area (TPSA) is 132 Å². The molecule has 0 saturated heterocycles. The van der Waals surface area contributed by atoms with Gasteiger partial charge in [0.05, 0.1) is 6.20 Å². The second-order valence-electron chi connectivity index (χ2n) is 4.30. The van der Waals surface area contributed by atoms with E-state index >= 15 is 0 Å². The van der Waals surface area contributed by atoms with Gasteiger partial charge in [0.25, 0.3) is 10.0 Å². The molecule has 1 heterocycles. The van der Waals surface area contributed by atoms with Crippen LogP contribution in [0, 0.1) is 0 Å². The van der Waals surface area contributed by atoms with E-state index < -0.39 is 22.0 Å². The predicted octanol–water partition coefficient (Wildman–Crippen LogP) is 0.0895. The first-order valence-electron chi connectivity index (χ1n) is 5.91. The molecule has 2 rings (SSSR count). The van der Waals surface area contributed by atoms with Gasteiger partial charge < -0.3 is 10.2 Å². The van der Waals surface area contributed by atoms with Crippen molar-refractivity contribution in [3.8, 4) is 5.75 Å². The fourth-order valence-electron chi connectivity index (χ4n) is 1.69. The minimum atomic E-state index is -3.99. The molecular formula is C12H13N3O5S. The van der Waals surface area contributed by atoms with Gasteiger partial charge in [-0.15, -0.1) is 0 Å². The molecule has 1 aromatic carbocycles. The van der Waals surface area contributed by atoms with E-state index in [1.54, 1.807) is 0 Å². The number of benzene rings is 1. The predicted molar refractivity (Wildman–Crippen MR) is 72.1 cm³/mol. The molecule has 0 amide bonds. The molecule has 21 heavy (non-hydrogen) atoms. The van der Waals surface area contributed by atoms with Crippen LogP contribution in [-0.4, -0.2) is 40.8 Å². The number of sulfonamides is 1. The third kappa shape index (κ3) is 3.80. The Bertz CT molecular complexity index is 710.